The van der Waals surface area contributed by atoms with Crippen LogP contribution < -0.4 is 14.2 Å². The van der Waals surface area contributed by atoms with Crippen LogP contribution in [0.5, 0.6) is 5.75 Å². The third-order valence-corrected chi connectivity index (χ3v) is 14.7. The van der Waals surface area contributed by atoms with Gasteiger partial charge in [0.05, 0.1) is 5.69 Å². The predicted octanol–water partition coefficient (Wildman–Crippen LogP) is 11.4. The maximum Gasteiger partial charge on any atom is 0.272 e. The molecule has 59 heavy (non-hydrogen) atoms. The van der Waals surface area contributed by atoms with Crippen molar-refractivity contribution in [2.24, 2.45) is 0 Å². The Kier molecular flexibility index (Phi) is 11.6. The van der Waals surface area contributed by atoms with Gasteiger partial charge in [0.25, 0.3) is 25.2 Å². The van der Waals surface area contributed by atoms with Gasteiger partial charge in [-0.15, -0.1) is 0 Å². The number of hydrogen-bond acceptors (Lipinski definition) is 7. The Morgan fingerprint density at radius 1 is 0.780 bits per heavy atom. The molecule has 7 aromatic rings. The largest absolute Gasteiger partial charge is 0.439 e. The summed E-state index contributed by atoms with van der Waals surface area (Å²) in [5.41, 5.74) is 3.32. The van der Waals surface area contributed by atoms with Crippen molar-refractivity contribution in [1.82, 2.24) is 0 Å². The number of nitrogens with zero attached hydrogens (tertiary/aromatic N) is 2. The zero-order chi connectivity index (χ0) is 41.5. The van der Waals surface area contributed by atoms with Crippen LogP contribution in [-0.2, 0) is 26.8 Å². The first-order chi connectivity index (χ1) is 28.3. The van der Waals surface area contributed by atoms with Gasteiger partial charge in [-0.05, 0) is 93.6 Å². The highest BCUT2D eigenvalue weighted by Gasteiger charge is 2.33. The molecule has 302 valence electrons. The molecule has 2 atom stereocenters. The minimum atomic E-state index is -4.55. The van der Waals surface area contributed by atoms with E-state index in [1.165, 1.54) is 11.3 Å². The highest BCUT2D eigenvalue weighted by Crippen LogP contribution is 2.42. The van der Waals surface area contributed by atoms with Crippen molar-refractivity contribution in [3.05, 3.63) is 165 Å². The molecule has 0 amide bonds. The molecular formula is C45H39Cl2N2O7S3+. The molecule has 0 radical (unpaired) electrons. The molecule has 2 heterocycles. The molecule has 1 aliphatic rings. The van der Waals surface area contributed by atoms with Gasteiger partial charge in [-0.3, -0.25) is 9.11 Å². The summed E-state index contributed by atoms with van der Waals surface area (Å²) in [5.74, 6) is 0.992. The van der Waals surface area contributed by atoms with Gasteiger partial charge in [-0.2, -0.15) is 21.4 Å². The Labute approximate surface area is 356 Å². The number of ether oxygens (including phenoxy) is 1. The minimum Gasteiger partial charge on any atom is -0.439 e. The van der Waals surface area contributed by atoms with Gasteiger partial charge in [0, 0.05) is 41.2 Å². The monoisotopic (exact) mass is 885 g/mol. The molecule has 1 aliphatic heterocycles. The number of aryl methyl sites for hydroxylation is 1. The number of thiazole rings is 1. The molecule has 0 aliphatic carbocycles. The summed E-state index contributed by atoms with van der Waals surface area (Å²) in [6.07, 6.45) is 4.60. The molecule has 14 heteroatoms. The number of hydrogen-bond donors (Lipinski definition) is 2. The molecule has 9 nitrogen and oxygen atoms in total. The van der Waals surface area contributed by atoms with E-state index in [0.29, 0.717) is 44.9 Å². The van der Waals surface area contributed by atoms with Gasteiger partial charge < -0.3 is 9.64 Å². The Morgan fingerprint density at radius 3 is 2.19 bits per heavy atom. The third kappa shape index (κ3) is 8.76. The van der Waals surface area contributed by atoms with Gasteiger partial charge in [0.15, 0.2) is 12.3 Å². The number of aromatic nitrogens is 1. The van der Waals surface area contributed by atoms with E-state index in [1.807, 2.05) is 95.3 Å². The highest BCUT2D eigenvalue weighted by atomic mass is 35.5. The quantitative estimate of drug-likeness (QED) is 0.0666. The molecule has 0 spiro atoms. The summed E-state index contributed by atoms with van der Waals surface area (Å²) in [7, 11) is -9.00. The van der Waals surface area contributed by atoms with E-state index in [2.05, 4.69) is 0 Å². The maximum absolute atomic E-state index is 13.2. The van der Waals surface area contributed by atoms with Crippen LogP contribution in [0.2, 0.25) is 10.0 Å². The van der Waals surface area contributed by atoms with Crippen molar-refractivity contribution in [1.29, 1.82) is 0 Å². The van der Waals surface area contributed by atoms with E-state index in [-0.39, 0.29) is 25.9 Å². The predicted molar refractivity (Wildman–Crippen MR) is 239 cm³/mol. The van der Waals surface area contributed by atoms with Gasteiger partial charge in [-0.25, -0.2) is 0 Å². The van der Waals surface area contributed by atoms with Crippen LogP contribution in [0.3, 0.4) is 0 Å². The summed E-state index contributed by atoms with van der Waals surface area (Å²) in [4.78, 5) is 1.86. The molecule has 0 saturated carbocycles. The number of halogens is 2. The summed E-state index contributed by atoms with van der Waals surface area (Å²) in [5, 5.41) is 3.06. The lowest BCUT2D eigenvalue weighted by Gasteiger charge is -2.22. The average molecular weight is 887 g/mol. The van der Waals surface area contributed by atoms with Gasteiger partial charge in [0.1, 0.15) is 15.2 Å². The topological polar surface area (TPSA) is 125 Å². The maximum atomic E-state index is 13.2. The number of allylic oxidation sites excluding steroid dienone is 2. The van der Waals surface area contributed by atoms with E-state index < -0.39 is 30.7 Å². The SMILES string of the molecule is CCC(=Cc1sc2ccc(Cl)cc2[n+]1CCC(c1cccc2cc3ccccc3cc12)S(=O)(=O)O)C=C1Oc2ccc(Cl)cc2N1CCC(c1ccccc1)S(=O)(=O)O. The second kappa shape index (κ2) is 16.7. The summed E-state index contributed by atoms with van der Waals surface area (Å²) in [6.45, 7) is 2.41. The Morgan fingerprint density at radius 2 is 1.46 bits per heavy atom. The van der Waals surface area contributed by atoms with Crippen LogP contribution in [-0.4, -0.2) is 32.5 Å². The van der Waals surface area contributed by atoms with Crippen LogP contribution in [0.15, 0.2) is 139 Å². The smallest absolute Gasteiger partial charge is 0.272 e. The summed E-state index contributed by atoms with van der Waals surface area (Å²) < 4.78 is 82.0. The second-order valence-corrected chi connectivity index (χ2v) is 19.5. The van der Waals surface area contributed by atoms with Crippen LogP contribution in [0.1, 0.15) is 52.8 Å². The normalized spacial score (nSPS) is 15.2. The number of rotatable bonds is 13. The highest BCUT2D eigenvalue weighted by molar-refractivity contribution is 7.86. The van der Waals surface area contributed by atoms with E-state index >= 15 is 0 Å². The van der Waals surface area contributed by atoms with Crippen LogP contribution in [0.4, 0.5) is 5.69 Å². The lowest BCUT2D eigenvalue weighted by atomic mass is 9.97. The molecule has 2 N–H and O–H groups in total. The molecule has 0 bridgehead atoms. The molecule has 8 rings (SSSR count). The van der Waals surface area contributed by atoms with E-state index in [4.69, 9.17) is 27.9 Å². The lowest BCUT2D eigenvalue weighted by molar-refractivity contribution is -0.669. The Hall–Kier alpha value is -4.79. The van der Waals surface area contributed by atoms with Crippen molar-refractivity contribution in [3.63, 3.8) is 0 Å². The first kappa shape index (κ1) is 41.0. The summed E-state index contributed by atoms with van der Waals surface area (Å²) >= 11 is 14.5. The number of fused-ring (bicyclic) bond motifs is 4. The van der Waals surface area contributed by atoms with Crippen molar-refractivity contribution in [2.75, 3.05) is 11.4 Å². The van der Waals surface area contributed by atoms with Crippen molar-refractivity contribution in [2.45, 2.75) is 43.2 Å². The fourth-order valence-electron chi connectivity index (χ4n) is 7.77. The average Bonchev–Trinajstić information content (AvgIpc) is 3.71. The van der Waals surface area contributed by atoms with Crippen molar-refractivity contribution >= 4 is 98.3 Å². The fraction of sp³-hybridized carbons (Fsp3) is 0.178. The Balaban J connectivity index is 1.16. The van der Waals surface area contributed by atoms with Gasteiger partial charge >= 0.3 is 0 Å². The van der Waals surface area contributed by atoms with Crippen LogP contribution in [0.25, 0.3) is 37.8 Å². The molecule has 0 saturated heterocycles. The Bertz CT molecular complexity index is 3020. The zero-order valence-corrected chi connectivity index (χ0v) is 35.7. The first-order valence-electron chi connectivity index (χ1n) is 18.9. The lowest BCUT2D eigenvalue weighted by Crippen LogP contribution is -2.36. The molecule has 2 unspecified atom stereocenters. The van der Waals surface area contributed by atoms with E-state index in [9.17, 15) is 25.9 Å². The molecule has 0 fully saturated rings. The standard InChI is InChI=1S/C45H38Cl2N2O7S3/c1-2-29(23-44-48(38-27-34(46)15-17-40(38)56-44)21-19-42(58(50,51)52)30-9-4-3-5-10-30)24-45-49(39-28-35(47)16-18-41(39)57-45)22-20-43(59(53,54)55)36-14-8-13-33-25-31-11-6-7-12-32(31)26-37(33)36/h3-18,23-28,42-43H,2,19-22H2,1H3,(H-,50,51,52,53,54,55)/p+1. The third-order valence-electron chi connectivity index (χ3n) is 10.7. The van der Waals surface area contributed by atoms with Crippen molar-refractivity contribution in [3.8, 4) is 5.75 Å². The fourth-order valence-corrected chi connectivity index (χ4v) is 11.1. The molecule has 6 aromatic carbocycles. The minimum absolute atomic E-state index is 0.0552. The zero-order valence-electron chi connectivity index (χ0n) is 31.7. The van der Waals surface area contributed by atoms with E-state index in [0.717, 1.165) is 42.3 Å². The number of anilines is 1. The van der Waals surface area contributed by atoms with Gasteiger partial charge in [-0.1, -0.05) is 114 Å². The molecule has 1 aromatic heterocycles. The first-order valence-corrected chi connectivity index (χ1v) is 23.5. The number of benzene rings is 6. The van der Waals surface area contributed by atoms with E-state index in [1.54, 1.807) is 54.6 Å². The second-order valence-electron chi connectivity index (χ2n) is 14.4. The van der Waals surface area contributed by atoms with Crippen molar-refractivity contribution < 1.29 is 35.2 Å². The molecular weight excluding hydrogens is 848 g/mol. The summed E-state index contributed by atoms with van der Waals surface area (Å²) in [6, 6.07) is 36.8. The van der Waals surface area contributed by atoms with Crippen LogP contribution >= 0.6 is 34.5 Å². The van der Waals surface area contributed by atoms with Gasteiger partial charge in [0.2, 0.25) is 11.4 Å². The van der Waals surface area contributed by atoms with Crippen LogP contribution in [0, 0.1) is 0 Å².